The van der Waals surface area contributed by atoms with Gasteiger partial charge in [-0.15, -0.1) is 0 Å². The quantitative estimate of drug-likeness (QED) is 0.909. The number of hydrogen-bond donors (Lipinski definition) is 1. The second-order valence-corrected chi connectivity index (χ2v) is 7.03. The van der Waals surface area contributed by atoms with Crippen molar-refractivity contribution in [1.82, 2.24) is 9.62 Å². The molecular formula is C14H20N2O3S. The zero-order valence-corrected chi connectivity index (χ0v) is 12.4. The van der Waals surface area contributed by atoms with Gasteiger partial charge in [0, 0.05) is 24.7 Å². The maximum atomic E-state index is 12.0. The van der Waals surface area contributed by atoms with Gasteiger partial charge in [0.25, 0.3) is 5.91 Å². The molecule has 1 saturated heterocycles. The Bertz CT molecular complexity index is 557. The SMILES string of the molecule is CS(=O)(=O)N1CCCC[C@@H]1CNC(=O)c1ccccc1. The van der Waals surface area contributed by atoms with Gasteiger partial charge in [0.15, 0.2) is 0 Å². The fourth-order valence-electron chi connectivity index (χ4n) is 2.52. The standard InChI is InChI=1S/C14H20N2O3S/c1-20(18,19)16-10-6-5-9-13(16)11-15-14(17)12-7-3-2-4-8-12/h2-4,7-8,13H,5-6,9-11H2,1H3,(H,15,17)/t13-/m1/s1. The van der Waals surface area contributed by atoms with Crippen LogP contribution in [0, 0.1) is 0 Å². The number of rotatable bonds is 4. The normalized spacial score (nSPS) is 20.6. The molecule has 1 aliphatic heterocycles. The van der Waals surface area contributed by atoms with Gasteiger partial charge >= 0.3 is 0 Å². The number of carbonyl (C=O) groups is 1. The van der Waals surface area contributed by atoms with Crippen LogP contribution >= 0.6 is 0 Å². The van der Waals surface area contributed by atoms with Crippen LogP contribution < -0.4 is 5.32 Å². The lowest BCUT2D eigenvalue weighted by molar-refractivity contribution is 0.0939. The van der Waals surface area contributed by atoms with E-state index in [4.69, 9.17) is 0 Å². The molecule has 1 aromatic carbocycles. The lowest BCUT2D eigenvalue weighted by Gasteiger charge is -2.33. The zero-order chi connectivity index (χ0) is 14.6. The Morgan fingerprint density at radius 2 is 2.00 bits per heavy atom. The van der Waals surface area contributed by atoms with Gasteiger partial charge in [-0.1, -0.05) is 24.6 Å². The maximum absolute atomic E-state index is 12.0. The van der Waals surface area contributed by atoms with Crippen LogP contribution in [0.3, 0.4) is 0 Å². The first-order valence-corrected chi connectivity index (χ1v) is 8.63. The minimum absolute atomic E-state index is 0.133. The summed E-state index contributed by atoms with van der Waals surface area (Å²) in [5.41, 5.74) is 0.592. The van der Waals surface area contributed by atoms with E-state index in [1.165, 1.54) is 10.6 Å². The summed E-state index contributed by atoms with van der Waals surface area (Å²) in [7, 11) is -3.21. The molecule has 0 spiro atoms. The summed E-state index contributed by atoms with van der Waals surface area (Å²) in [6, 6.07) is 8.81. The van der Waals surface area contributed by atoms with Crippen LogP contribution in [0.25, 0.3) is 0 Å². The maximum Gasteiger partial charge on any atom is 0.251 e. The molecule has 1 aromatic rings. The molecular weight excluding hydrogens is 276 g/mol. The smallest absolute Gasteiger partial charge is 0.251 e. The molecule has 20 heavy (non-hydrogen) atoms. The number of carbonyl (C=O) groups excluding carboxylic acids is 1. The van der Waals surface area contributed by atoms with E-state index in [0.717, 1.165) is 19.3 Å². The molecule has 0 unspecified atom stereocenters. The average Bonchev–Trinajstić information content (AvgIpc) is 2.45. The number of sulfonamides is 1. The molecule has 0 saturated carbocycles. The molecule has 0 bridgehead atoms. The Morgan fingerprint density at radius 3 is 2.65 bits per heavy atom. The number of piperidine rings is 1. The van der Waals surface area contributed by atoms with Gasteiger partial charge in [0.1, 0.15) is 0 Å². The topological polar surface area (TPSA) is 66.5 Å². The van der Waals surface area contributed by atoms with Crippen molar-refractivity contribution in [3.63, 3.8) is 0 Å². The van der Waals surface area contributed by atoms with Gasteiger partial charge < -0.3 is 5.32 Å². The largest absolute Gasteiger partial charge is 0.350 e. The van der Waals surface area contributed by atoms with Crippen LogP contribution in [0.1, 0.15) is 29.6 Å². The number of nitrogens with zero attached hydrogens (tertiary/aromatic N) is 1. The van der Waals surface area contributed by atoms with Crippen LogP contribution in [-0.4, -0.2) is 44.0 Å². The van der Waals surface area contributed by atoms with Crippen LogP contribution in [0.4, 0.5) is 0 Å². The summed E-state index contributed by atoms with van der Waals surface area (Å²) in [5.74, 6) is -0.162. The summed E-state index contributed by atoms with van der Waals surface area (Å²) in [5, 5.41) is 2.83. The van der Waals surface area contributed by atoms with Gasteiger partial charge in [-0.3, -0.25) is 4.79 Å². The Balaban J connectivity index is 1.97. The summed E-state index contributed by atoms with van der Waals surface area (Å²) in [6.45, 7) is 0.908. The van der Waals surface area contributed by atoms with Gasteiger partial charge in [0.2, 0.25) is 10.0 Å². The Morgan fingerprint density at radius 1 is 1.30 bits per heavy atom. The molecule has 5 nitrogen and oxygen atoms in total. The third kappa shape index (κ3) is 3.80. The van der Waals surface area contributed by atoms with Gasteiger partial charge in [0.05, 0.1) is 6.26 Å². The molecule has 1 heterocycles. The first kappa shape index (κ1) is 15.0. The zero-order valence-electron chi connectivity index (χ0n) is 11.6. The van der Waals surface area contributed by atoms with E-state index in [2.05, 4.69) is 5.32 Å². The third-order valence-corrected chi connectivity index (χ3v) is 4.87. The van der Waals surface area contributed by atoms with E-state index in [9.17, 15) is 13.2 Å². The van der Waals surface area contributed by atoms with E-state index in [-0.39, 0.29) is 11.9 Å². The summed E-state index contributed by atoms with van der Waals surface area (Å²) in [6.07, 6.45) is 3.90. The summed E-state index contributed by atoms with van der Waals surface area (Å²) in [4.78, 5) is 12.0. The average molecular weight is 296 g/mol. The second-order valence-electron chi connectivity index (χ2n) is 5.10. The number of amides is 1. The van der Waals surface area contributed by atoms with Crippen LogP contribution in [0.5, 0.6) is 0 Å². The van der Waals surface area contributed by atoms with Crippen molar-refractivity contribution < 1.29 is 13.2 Å². The number of benzene rings is 1. The Kier molecular flexibility index (Phi) is 4.77. The van der Waals surface area contributed by atoms with Crippen LogP contribution in [0.15, 0.2) is 30.3 Å². The molecule has 0 aliphatic carbocycles. The molecule has 1 amide bonds. The second kappa shape index (κ2) is 6.37. The van der Waals surface area contributed by atoms with Crippen LogP contribution in [-0.2, 0) is 10.0 Å². The molecule has 1 N–H and O–H groups in total. The third-order valence-electron chi connectivity index (χ3n) is 3.53. The highest BCUT2D eigenvalue weighted by molar-refractivity contribution is 7.88. The van der Waals surface area contributed by atoms with E-state index >= 15 is 0 Å². The molecule has 6 heteroatoms. The van der Waals surface area contributed by atoms with Crippen molar-refractivity contribution >= 4 is 15.9 Å². The molecule has 2 rings (SSSR count). The fraction of sp³-hybridized carbons (Fsp3) is 0.500. The lowest BCUT2D eigenvalue weighted by Crippen LogP contribution is -2.48. The Hall–Kier alpha value is -1.40. The van der Waals surface area contributed by atoms with E-state index in [1.54, 1.807) is 24.3 Å². The van der Waals surface area contributed by atoms with Gasteiger partial charge in [-0.05, 0) is 25.0 Å². The molecule has 1 atom stereocenters. The predicted octanol–water partition coefficient (Wildman–Crippen LogP) is 1.23. The molecule has 1 aliphatic rings. The number of hydrogen-bond acceptors (Lipinski definition) is 3. The van der Waals surface area contributed by atoms with E-state index < -0.39 is 10.0 Å². The highest BCUT2D eigenvalue weighted by atomic mass is 32.2. The van der Waals surface area contributed by atoms with Crippen molar-refractivity contribution in [2.45, 2.75) is 25.3 Å². The monoisotopic (exact) mass is 296 g/mol. The fourth-order valence-corrected chi connectivity index (χ4v) is 3.70. The van der Waals surface area contributed by atoms with E-state index in [1.807, 2.05) is 6.07 Å². The minimum Gasteiger partial charge on any atom is -0.350 e. The lowest BCUT2D eigenvalue weighted by atomic mass is 10.0. The van der Waals surface area contributed by atoms with Crippen molar-refractivity contribution in [2.75, 3.05) is 19.3 Å². The van der Waals surface area contributed by atoms with E-state index in [0.29, 0.717) is 18.7 Å². The highest BCUT2D eigenvalue weighted by Crippen LogP contribution is 2.19. The van der Waals surface area contributed by atoms with Crippen molar-refractivity contribution in [3.05, 3.63) is 35.9 Å². The molecule has 0 radical (unpaired) electrons. The molecule has 0 aromatic heterocycles. The predicted molar refractivity (Wildman–Crippen MR) is 78.0 cm³/mol. The minimum atomic E-state index is -3.21. The molecule has 110 valence electrons. The number of nitrogens with one attached hydrogen (secondary N) is 1. The van der Waals surface area contributed by atoms with Crippen molar-refractivity contribution in [3.8, 4) is 0 Å². The highest BCUT2D eigenvalue weighted by Gasteiger charge is 2.29. The van der Waals surface area contributed by atoms with Crippen molar-refractivity contribution in [1.29, 1.82) is 0 Å². The molecule has 1 fully saturated rings. The summed E-state index contributed by atoms with van der Waals surface area (Å²) >= 11 is 0. The summed E-state index contributed by atoms with van der Waals surface area (Å²) < 4.78 is 25.0. The Labute approximate surface area is 120 Å². The van der Waals surface area contributed by atoms with Gasteiger partial charge in [-0.2, -0.15) is 4.31 Å². The van der Waals surface area contributed by atoms with Crippen molar-refractivity contribution in [2.24, 2.45) is 0 Å². The first-order chi connectivity index (χ1) is 9.48. The first-order valence-electron chi connectivity index (χ1n) is 6.78. The van der Waals surface area contributed by atoms with Crippen LogP contribution in [0.2, 0.25) is 0 Å². The van der Waals surface area contributed by atoms with Gasteiger partial charge in [-0.25, -0.2) is 8.42 Å².